The van der Waals surface area contributed by atoms with Gasteiger partial charge in [0.2, 0.25) is 0 Å². The van der Waals surface area contributed by atoms with Crippen molar-refractivity contribution < 1.29 is 23.9 Å². The Balaban J connectivity index is 1.95. The molecular weight excluding hydrogens is 374 g/mol. The minimum absolute atomic E-state index is 0.0119. The predicted molar refractivity (Wildman–Crippen MR) is 107 cm³/mol. The van der Waals surface area contributed by atoms with Gasteiger partial charge in [-0.15, -0.1) is 0 Å². The van der Waals surface area contributed by atoms with Crippen LogP contribution in [0.3, 0.4) is 0 Å². The highest BCUT2D eigenvalue weighted by Gasteiger charge is 2.36. The third-order valence-electron chi connectivity index (χ3n) is 4.41. The molecule has 1 N–H and O–H groups in total. The lowest BCUT2D eigenvalue weighted by Gasteiger charge is -2.26. The Kier molecular flexibility index (Phi) is 5.92. The topological polar surface area (TPSA) is 97.8 Å². The van der Waals surface area contributed by atoms with Crippen molar-refractivity contribution in [2.75, 3.05) is 12.0 Å². The van der Waals surface area contributed by atoms with Gasteiger partial charge in [-0.05, 0) is 49.2 Å². The number of pyridine rings is 1. The second-order valence-corrected chi connectivity index (χ2v) is 6.42. The van der Waals surface area contributed by atoms with Crippen LogP contribution in [0, 0.1) is 0 Å². The van der Waals surface area contributed by atoms with E-state index in [4.69, 9.17) is 9.47 Å². The normalized spacial score (nSPS) is 16.6. The lowest BCUT2D eigenvalue weighted by atomic mass is 10.1. The molecule has 1 saturated heterocycles. The number of imide groups is 2. The number of rotatable bonds is 6. The number of barbiturate groups is 1. The molecule has 1 aromatic heterocycles. The van der Waals surface area contributed by atoms with Crippen LogP contribution in [0.1, 0.15) is 25.8 Å². The average molecular weight is 395 g/mol. The van der Waals surface area contributed by atoms with E-state index in [2.05, 4.69) is 10.3 Å². The standard InChI is InChI=1S/C21H21N3O5/c1-4-13(2)29-17-8-7-14(11-18(17)28-3)10-16-19(25)23-21(27)24(20(16)26)15-6-5-9-22-12-15/h5-13H,4H2,1-3H3,(H,23,25,27)/b16-10+/t13-/m1/s1. The largest absolute Gasteiger partial charge is 0.493 e. The molecule has 3 rings (SSSR count). The first kappa shape index (κ1) is 20.1. The van der Waals surface area contributed by atoms with Gasteiger partial charge in [0, 0.05) is 6.20 Å². The second-order valence-electron chi connectivity index (χ2n) is 6.42. The number of hydrogen-bond acceptors (Lipinski definition) is 6. The molecule has 0 unspecified atom stereocenters. The van der Waals surface area contributed by atoms with Crippen molar-refractivity contribution in [3.63, 3.8) is 0 Å². The highest BCUT2D eigenvalue weighted by molar-refractivity contribution is 6.39. The highest BCUT2D eigenvalue weighted by Crippen LogP contribution is 2.30. The molecule has 0 saturated carbocycles. The van der Waals surface area contributed by atoms with E-state index in [1.807, 2.05) is 13.8 Å². The van der Waals surface area contributed by atoms with Crippen molar-refractivity contribution in [1.82, 2.24) is 10.3 Å². The smallest absolute Gasteiger partial charge is 0.336 e. The minimum Gasteiger partial charge on any atom is -0.493 e. The van der Waals surface area contributed by atoms with E-state index in [1.165, 1.54) is 25.6 Å². The van der Waals surface area contributed by atoms with Gasteiger partial charge < -0.3 is 9.47 Å². The summed E-state index contributed by atoms with van der Waals surface area (Å²) < 4.78 is 11.2. The summed E-state index contributed by atoms with van der Waals surface area (Å²) in [6.07, 6.45) is 5.14. The van der Waals surface area contributed by atoms with Gasteiger partial charge >= 0.3 is 6.03 Å². The van der Waals surface area contributed by atoms with Gasteiger partial charge in [0.05, 0.1) is 25.1 Å². The van der Waals surface area contributed by atoms with Crippen LogP contribution >= 0.6 is 0 Å². The summed E-state index contributed by atoms with van der Waals surface area (Å²) in [5, 5.41) is 2.18. The summed E-state index contributed by atoms with van der Waals surface area (Å²) in [6.45, 7) is 3.96. The number of carbonyl (C=O) groups excluding carboxylic acids is 3. The van der Waals surface area contributed by atoms with Crippen molar-refractivity contribution in [3.05, 3.63) is 53.9 Å². The number of hydrogen-bond donors (Lipinski definition) is 1. The van der Waals surface area contributed by atoms with Crippen LogP contribution in [0.2, 0.25) is 0 Å². The molecule has 2 aromatic rings. The molecule has 4 amide bonds. The van der Waals surface area contributed by atoms with Crippen LogP contribution < -0.4 is 19.7 Å². The van der Waals surface area contributed by atoms with Crippen LogP contribution in [-0.4, -0.2) is 36.0 Å². The number of ether oxygens (including phenoxy) is 2. The Hall–Kier alpha value is -3.68. The summed E-state index contributed by atoms with van der Waals surface area (Å²) in [7, 11) is 1.51. The van der Waals surface area contributed by atoms with Gasteiger partial charge in [-0.1, -0.05) is 13.0 Å². The molecule has 8 nitrogen and oxygen atoms in total. The fourth-order valence-corrected chi connectivity index (χ4v) is 2.72. The average Bonchev–Trinajstić information content (AvgIpc) is 2.72. The number of urea groups is 1. The molecule has 0 radical (unpaired) electrons. The number of benzene rings is 1. The minimum atomic E-state index is -0.819. The van der Waals surface area contributed by atoms with Crippen LogP contribution in [0.25, 0.3) is 6.08 Å². The maximum absolute atomic E-state index is 12.8. The summed E-state index contributed by atoms with van der Waals surface area (Å²) in [4.78, 5) is 42.1. The van der Waals surface area contributed by atoms with Gasteiger partial charge in [-0.3, -0.25) is 19.9 Å². The number of nitrogens with zero attached hydrogens (tertiary/aromatic N) is 2. The summed E-state index contributed by atoms with van der Waals surface area (Å²) in [6, 6.07) is 7.42. The van der Waals surface area contributed by atoms with Crippen molar-refractivity contribution in [3.8, 4) is 11.5 Å². The fourth-order valence-electron chi connectivity index (χ4n) is 2.72. The van der Waals surface area contributed by atoms with E-state index in [1.54, 1.807) is 30.3 Å². The van der Waals surface area contributed by atoms with E-state index in [0.29, 0.717) is 17.1 Å². The molecule has 1 aliphatic rings. The second kappa shape index (κ2) is 8.55. The lowest BCUT2D eigenvalue weighted by molar-refractivity contribution is -0.122. The number of nitrogens with one attached hydrogen (secondary N) is 1. The van der Waals surface area contributed by atoms with Gasteiger partial charge in [0.25, 0.3) is 11.8 Å². The third kappa shape index (κ3) is 4.26. The first-order valence-corrected chi connectivity index (χ1v) is 9.10. The zero-order chi connectivity index (χ0) is 21.0. The number of amides is 4. The highest BCUT2D eigenvalue weighted by atomic mass is 16.5. The Morgan fingerprint density at radius 2 is 2.00 bits per heavy atom. The zero-order valence-electron chi connectivity index (χ0n) is 16.3. The monoisotopic (exact) mass is 395 g/mol. The first-order valence-electron chi connectivity index (χ1n) is 9.10. The Labute approximate surface area is 168 Å². The van der Waals surface area contributed by atoms with Gasteiger partial charge in [0.15, 0.2) is 11.5 Å². The molecule has 150 valence electrons. The molecule has 0 aliphatic carbocycles. The molecule has 1 aromatic carbocycles. The molecule has 29 heavy (non-hydrogen) atoms. The summed E-state index contributed by atoms with van der Waals surface area (Å²) >= 11 is 0. The molecule has 8 heteroatoms. The number of carbonyl (C=O) groups is 3. The van der Waals surface area contributed by atoms with Crippen LogP contribution in [0.15, 0.2) is 48.3 Å². The van der Waals surface area contributed by atoms with E-state index in [9.17, 15) is 14.4 Å². The van der Waals surface area contributed by atoms with E-state index < -0.39 is 17.8 Å². The van der Waals surface area contributed by atoms with Crippen molar-refractivity contribution in [2.45, 2.75) is 26.4 Å². The lowest BCUT2D eigenvalue weighted by Crippen LogP contribution is -2.54. The Morgan fingerprint density at radius 3 is 2.66 bits per heavy atom. The van der Waals surface area contributed by atoms with Crippen molar-refractivity contribution >= 4 is 29.6 Å². The molecule has 2 heterocycles. The quantitative estimate of drug-likeness (QED) is 0.597. The van der Waals surface area contributed by atoms with Crippen molar-refractivity contribution in [1.29, 1.82) is 0 Å². The number of aromatic nitrogens is 1. The van der Waals surface area contributed by atoms with Crippen LogP contribution in [0.5, 0.6) is 11.5 Å². The summed E-state index contributed by atoms with van der Waals surface area (Å²) in [5.41, 5.74) is 0.645. The van der Waals surface area contributed by atoms with E-state index >= 15 is 0 Å². The van der Waals surface area contributed by atoms with Crippen LogP contribution in [0.4, 0.5) is 10.5 Å². The van der Waals surface area contributed by atoms with Gasteiger partial charge in [0.1, 0.15) is 5.57 Å². The van der Waals surface area contributed by atoms with Gasteiger partial charge in [-0.25, -0.2) is 9.69 Å². The maximum Gasteiger partial charge on any atom is 0.336 e. The summed E-state index contributed by atoms with van der Waals surface area (Å²) in [5.74, 6) is -0.455. The molecule has 1 fully saturated rings. The first-order chi connectivity index (χ1) is 13.9. The van der Waals surface area contributed by atoms with Crippen molar-refractivity contribution in [2.24, 2.45) is 0 Å². The molecule has 0 spiro atoms. The zero-order valence-corrected chi connectivity index (χ0v) is 16.3. The molecule has 1 atom stereocenters. The predicted octanol–water partition coefficient (Wildman–Crippen LogP) is 2.93. The molecular formula is C21H21N3O5. The Morgan fingerprint density at radius 1 is 1.21 bits per heavy atom. The number of anilines is 1. The van der Waals surface area contributed by atoms with Gasteiger partial charge in [-0.2, -0.15) is 0 Å². The Bertz CT molecular complexity index is 972. The van der Waals surface area contributed by atoms with E-state index in [0.717, 1.165) is 11.3 Å². The molecule has 0 bridgehead atoms. The third-order valence-corrected chi connectivity index (χ3v) is 4.41. The maximum atomic E-state index is 12.8. The number of methoxy groups -OCH3 is 1. The van der Waals surface area contributed by atoms with E-state index in [-0.39, 0.29) is 17.4 Å². The molecule has 1 aliphatic heterocycles. The SMILES string of the molecule is CC[C@@H](C)Oc1ccc(/C=C2\C(=O)NC(=O)N(c3cccnc3)C2=O)cc1OC. The van der Waals surface area contributed by atoms with Crippen LogP contribution in [-0.2, 0) is 9.59 Å². The fraction of sp³-hybridized carbons (Fsp3) is 0.238.